The van der Waals surface area contributed by atoms with Crippen LogP contribution in [0.2, 0.25) is 0 Å². The third-order valence-electron chi connectivity index (χ3n) is 2.64. The molecule has 8 nitrogen and oxygen atoms in total. The Kier molecular flexibility index (Phi) is 9.47. The molecular weight excluding hydrogens is 378 g/mol. The van der Waals surface area contributed by atoms with Crippen LogP contribution in [0.1, 0.15) is 0 Å². The quantitative estimate of drug-likeness (QED) is 0.295. The molecular formula is C12H10N2Na2O6S2. The molecule has 0 aromatic heterocycles. The number of rotatable bonds is 5. The largest absolute Gasteiger partial charge is 1.00 e. The zero-order chi connectivity index (χ0) is 16.4. The Morgan fingerprint density at radius 3 is 1.04 bits per heavy atom. The molecule has 0 bridgehead atoms. The Morgan fingerprint density at radius 1 is 0.583 bits per heavy atom. The predicted molar refractivity (Wildman–Crippen MR) is 76.1 cm³/mol. The Bertz CT molecular complexity index is 793. The van der Waals surface area contributed by atoms with Crippen molar-refractivity contribution in [3.05, 3.63) is 48.5 Å². The van der Waals surface area contributed by atoms with Gasteiger partial charge < -0.3 is 20.0 Å². The van der Waals surface area contributed by atoms with E-state index in [0.29, 0.717) is 11.4 Å². The van der Waals surface area contributed by atoms with Crippen molar-refractivity contribution in [2.45, 2.75) is 9.79 Å². The van der Waals surface area contributed by atoms with Crippen LogP contribution in [0.15, 0.2) is 58.3 Å². The first-order chi connectivity index (χ1) is 10.2. The first-order valence-electron chi connectivity index (χ1n) is 5.80. The molecule has 118 valence electrons. The van der Waals surface area contributed by atoms with Gasteiger partial charge in [-0.05, 0) is 48.5 Å². The summed E-state index contributed by atoms with van der Waals surface area (Å²) in [4.78, 5) is -0.689. The molecule has 0 aliphatic rings. The molecule has 0 aliphatic carbocycles. The van der Waals surface area contributed by atoms with Crippen LogP contribution >= 0.6 is 0 Å². The number of benzene rings is 2. The monoisotopic (exact) mass is 388 g/mol. The molecule has 2 rings (SSSR count). The normalized spacial score (nSPS) is 10.9. The standard InChI is InChI=1S/C12H12N2O6S2.2Na/c15-21(16,17)11-5-1-9(2-6-11)13-14-10-3-7-12(8-4-10)22(18,19)20;;/h1-8,13-14H,(H,15,16,17)(H,18,19,20);;/q;2*+1/p-2. The maximum Gasteiger partial charge on any atom is 1.00 e. The van der Waals surface area contributed by atoms with Crippen LogP contribution in [0.5, 0.6) is 0 Å². The van der Waals surface area contributed by atoms with Crippen molar-refractivity contribution in [2.24, 2.45) is 0 Å². The van der Waals surface area contributed by atoms with Gasteiger partial charge in [0.25, 0.3) is 0 Å². The van der Waals surface area contributed by atoms with Crippen LogP contribution in [-0.4, -0.2) is 25.9 Å². The molecule has 2 aromatic rings. The molecule has 0 fully saturated rings. The summed E-state index contributed by atoms with van der Waals surface area (Å²) in [5.41, 5.74) is 6.41. The van der Waals surface area contributed by atoms with Crippen LogP contribution in [0.4, 0.5) is 11.4 Å². The Balaban J connectivity index is 0.00000264. The van der Waals surface area contributed by atoms with Crippen molar-refractivity contribution in [1.29, 1.82) is 0 Å². The summed E-state index contributed by atoms with van der Waals surface area (Å²) in [6, 6.07) is 10.1. The zero-order valence-corrected chi connectivity index (χ0v) is 18.5. The number of hydrogen-bond acceptors (Lipinski definition) is 8. The molecule has 0 aliphatic heterocycles. The van der Waals surface area contributed by atoms with Crippen LogP contribution in [0, 0.1) is 0 Å². The van der Waals surface area contributed by atoms with Crippen molar-refractivity contribution >= 4 is 31.6 Å². The van der Waals surface area contributed by atoms with Crippen molar-refractivity contribution in [1.82, 2.24) is 0 Å². The molecule has 0 amide bonds. The Morgan fingerprint density at radius 2 is 0.833 bits per heavy atom. The molecule has 2 aromatic carbocycles. The van der Waals surface area contributed by atoms with E-state index in [1.165, 1.54) is 24.3 Å². The minimum Gasteiger partial charge on any atom is -0.744 e. The van der Waals surface area contributed by atoms with Gasteiger partial charge in [0.2, 0.25) is 0 Å². The molecule has 0 saturated heterocycles. The molecule has 0 saturated carbocycles. The van der Waals surface area contributed by atoms with E-state index < -0.39 is 20.2 Å². The SMILES string of the molecule is O=S(=O)([O-])c1ccc(NNc2ccc(S(=O)(=O)[O-])cc2)cc1.[Na+].[Na+]. The fourth-order valence-corrected chi connectivity index (χ4v) is 2.49. The van der Waals surface area contributed by atoms with E-state index in [1.807, 2.05) is 0 Å². The van der Waals surface area contributed by atoms with E-state index in [-0.39, 0.29) is 68.9 Å². The molecule has 0 spiro atoms. The van der Waals surface area contributed by atoms with E-state index in [1.54, 1.807) is 0 Å². The number of hydrogen-bond donors (Lipinski definition) is 2. The van der Waals surface area contributed by atoms with E-state index in [0.717, 1.165) is 24.3 Å². The van der Waals surface area contributed by atoms with Gasteiger partial charge in [-0.3, -0.25) is 0 Å². The van der Waals surface area contributed by atoms with E-state index >= 15 is 0 Å². The van der Waals surface area contributed by atoms with Crippen molar-refractivity contribution < 1.29 is 85.1 Å². The number of nitrogens with one attached hydrogen (secondary N) is 2. The van der Waals surface area contributed by atoms with Crippen LogP contribution < -0.4 is 70.0 Å². The second kappa shape index (κ2) is 9.53. The second-order valence-corrected chi connectivity index (χ2v) is 6.97. The molecule has 2 N–H and O–H groups in total. The van der Waals surface area contributed by atoms with Crippen LogP contribution in [0.3, 0.4) is 0 Å². The van der Waals surface area contributed by atoms with Gasteiger partial charge in [-0.25, -0.2) is 16.8 Å². The van der Waals surface area contributed by atoms with Crippen LogP contribution in [0.25, 0.3) is 0 Å². The minimum atomic E-state index is -4.49. The fourth-order valence-electron chi connectivity index (χ4n) is 1.55. The third kappa shape index (κ3) is 7.00. The van der Waals surface area contributed by atoms with Gasteiger partial charge in [0, 0.05) is 0 Å². The molecule has 0 unspecified atom stereocenters. The maximum atomic E-state index is 10.8. The van der Waals surface area contributed by atoms with E-state index in [4.69, 9.17) is 0 Å². The Hall–Kier alpha value is -0.140. The Labute approximate surface area is 184 Å². The average Bonchev–Trinajstić information content (AvgIpc) is 2.44. The van der Waals surface area contributed by atoms with Gasteiger partial charge in [-0.2, -0.15) is 0 Å². The van der Waals surface area contributed by atoms with E-state index in [9.17, 15) is 25.9 Å². The fraction of sp³-hybridized carbons (Fsp3) is 0. The molecule has 12 heteroatoms. The first-order valence-corrected chi connectivity index (χ1v) is 8.62. The summed E-state index contributed by atoms with van der Waals surface area (Å²) < 4.78 is 64.6. The summed E-state index contributed by atoms with van der Waals surface area (Å²) in [5.74, 6) is 0. The topological polar surface area (TPSA) is 138 Å². The van der Waals surface area contributed by atoms with Crippen molar-refractivity contribution in [2.75, 3.05) is 10.9 Å². The number of anilines is 2. The number of hydrazine groups is 1. The minimum absolute atomic E-state index is 0. The zero-order valence-electron chi connectivity index (χ0n) is 12.9. The molecule has 24 heavy (non-hydrogen) atoms. The van der Waals surface area contributed by atoms with Crippen molar-refractivity contribution in [3.8, 4) is 0 Å². The molecule has 0 radical (unpaired) electrons. The smallest absolute Gasteiger partial charge is 0.744 e. The van der Waals surface area contributed by atoms with Gasteiger partial charge in [-0.1, -0.05) is 0 Å². The van der Waals surface area contributed by atoms with Gasteiger partial charge in [0.15, 0.2) is 0 Å². The summed E-state index contributed by atoms with van der Waals surface area (Å²) >= 11 is 0. The summed E-state index contributed by atoms with van der Waals surface area (Å²) in [5, 5.41) is 0. The predicted octanol–water partition coefficient (Wildman–Crippen LogP) is -5.06. The second-order valence-electron chi connectivity index (χ2n) is 4.21. The van der Waals surface area contributed by atoms with Gasteiger partial charge in [0.1, 0.15) is 20.2 Å². The summed E-state index contributed by atoms with van der Waals surface area (Å²) in [7, 11) is -8.98. The van der Waals surface area contributed by atoms with Crippen LogP contribution in [-0.2, 0) is 20.2 Å². The summed E-state index contributed by atoms with van der Waals surface area (Å²) in [6.07, 6.45) is 0. The van der Waals surface area contributed by atoms with E-state index in [2.05, 4.69) is 10.9 Å². The maximum absolute atomic E-state index is 10.8. The summed E-state index contributed by atoms with van der Waals surface area (Å²) in [6.45, 7) is 0. The van der Waals surface area contributed by atoms with Gasteiger partial charge in [-0.15, -0.1) is 0 Å². The van der Waals surface area contributed by atoms with Crippen molar-refractivity contribution in [3.63, 3.8) is 0 Å². The van der Waals surface area contributed by atoms with Gasteiger partial charge >= 0.3 is 59.1 Å². The first kappa shape index (κ1) is 23.9. The average molecular weight is 388 g/mol. The third-order valence-corrected chi connectivity index (χ3v) is 4.34. The van der Waals surface area contributed by atoms with Gasteiger partial charge in [0.05, 0.1) is 21.2 Å². The molecule has 0 atom stereocenters. The molecule has 0 heterocycles.